The zero-order chi connectivity index (χ0) is 24.3. The predicted molar refractivity (Wildman–Crippen MR) is 152 cm³/mol. The van der Waals surface area contributed by atoms with Gasteiger partial charge in [-0.3, -0.25) is 0 Å². The monoisotopic (exact) mass is 526 g/mol. The van der Waals surface area contributed by atoms with Crippen molar-refractivity contribution in [2.45, 2.75) is 65.3 Å². The van der Waals surface area contributed by atoms with Gasteiger partial charge in [0.1, 0.15) is 0 Å². The molecule has 33 heavy (non-hydrogen) atoms. The van der Waals surface area contributed by atoms with Gasteiger partial charge in [0.15, 0.2) is 0 Å². The Bertz CT molecular complexity index is 814. The molecule has 180 valence electrons. The molecular weight excluding hydrogens is 484 g/mol. The number of benzene rings is 2. The van der Waals surface area contributed by atoms with Crippen LogP contribution in [0.4, 0.5) is 0 Å². The summed E-state index contributed by atoms with van der Waals surface area (Å²) in [4.78, 5) is 0. The molecule has 1 nitrogen and oxygen atoms in total. The summed E-state index contributed by atoms with van der Waals surface area (Å²) in [6.07, 6.45) is 8.88. The Morgan fingerprint density at radius 1 is 1.00 bits per heavy atom. The van der Waals surface area contributed by atoms with Crippen LogP contribution in [0.25, 0.3) is 0 Å². The molecule has 2 rings (SSSR count). The van der Waals surface area contributed by atoms with Gasteiger partial charge in [-0.2, -0.15) is 0 Å². The van der Waals surface area contributed by atoms with E-state index in [-0.39, 0.29) is 5.04 Å². The van der Waals surface area contributed by atoms with Crippen molar-refractivity contribution in [1.82, 2.24) is 0 Å². The van der Waals surface area contributed by atoms with Crippen LogP contribution in [0.5, 0.6) is 0 Å². The van der Waals surface area contributed by atoms with E-state index in [1.807, 2.05) is 6.08 Å². The zero-order valence-corrected chi connectivity index (χ0v) is 23.9. The van der Waals surface area contributed by atoms with Gasteiger partial charge in [-0.15, -0.1) is 6.58 Å². The van der Waals surface area contributed by atoms with Crippen molar-refractivity contribution >= 4 is 34.6 Å². The van der Waals surface area contributed by atoms with Gasteiger partial charge < -0.3 is 4.43 Å². The van der Waals surface area contributed by atoms with E-state index in [2.05, 4.69) is 124 Å². The number of hydrogen-bond donors (Lipinski definition) is 0. The smallest absolute Gasteiger partial charge is 0.261 e. The summed E-state index contributed by atoms with van der Waals surface area (Å²) in [5, 5.41) is 3.66. The molecule has 0 N–H and O–H groups in total. The van der Waals surface area contributed by atoms with Gasteiger partial charge in [0.2, 0.25) is 0 Å². The Morgan fingerprint density at radius 2 is 1.55 bits per heavy atom. The molecule has 0 fully saturated rings. The molecule has 0 saturated carbocycles. The molecule has 0 aromatic heterocycles. The van der Waals surface area contributed by atoms with Crippen LogP contribution < -0.4 is 10.4 Å². The molecule has 0 aliphatic heterocycles. The second-order valence-electron chi connectivity index (χ2n) is 10.2. The maximum atomic E-state index is 7.11. The fraction of sp³-hybridized carbons (Fsp3) is 0.467. The number of alkyl halides is 1. The molecule has 0 bridgehead atoms. The van der Waals surface area contributed by atoms with Crippen molar-refractivity contribution < 1.29 is 4.43 Å². The highest BCUT2D eigenvalue weighted by molar-refractivity contribution is 9.09. The fourth-order valence-corrected chi connectivity index (χ4v) is 10.2. The van der Waals surface area contributed by atoms with Crippen LogP contribution in [0.15, 0.2) is 85.0 Å². The Labute approximate surface area is 212 Å². The van der Waals surface area contributed by atoms with Crippen LogP contribution in [0.3, 0.4) is 0 Å². The average molecular weight is 528 g/mol. The summed E-state index contributed by atoms with van der Waals surface area (Å²) in [5.74, 6) is 1.23. The molecule has 0 radical (unpaired) electrons. The molecule has 2 aromatic carbocycles. The minimum absolute atomic E-state index is 0.0259. The highest BCUT2D eigenvalue weighted by Crippen LogP contribution is 2.37. The standard InChI is InChI=1S/C30H43BrOSi/c1-7-8-16-25(2)29(26(3)22-23-31)21-15-24-32-33(30(4,5)6,27-17-11-9-12-18-27)28-19-13-10-14-20-28/h7,9-14,17-20,22,25,29H,1,8,15-16,21,23-24H2,2-6H3/b26-22-/t25-,29+/m1/s1. The van der Waals surface area contributed by atoms with E-state index in [1.54, 1.807) is 0 Å². The molecule has 0 aliphatic carbocycles. The molecule has 2 atom stereocenters. The van der Waals surface area contributed by atoms with E-state index in [1.165, 1.54) is 22.4 Å². The molecule has 0 aliphatic rings. The Hall–Kier alpha value is -1.42. The first-order valence-corrected chi connectivity index (χ1v) is 15.4. The second-order valence-corrected chi connectivity index (χ2v) is 15.2. The first-order valence-electron chi connectivity index (χ1n) is 12.4. The van der Waals surface area contributed by atoms with Crippen LogP contribution in [-0.2, 0) is 4.43 Å². The third-order valence-electron chi connectivity index (χ3n) is 6.89. The van der Waals surface area contributed by atoms with Gasteiger partial charge >= 0.3 is 0 Å². The first kappa shape index (κ1) is 27.8. The Balaban J connectivity index is 2.27. The summed E-state index contributed by atoms with van der Waals surface area (Å²) in [6.45, 7) is 16.4. The topological polar surface area (TPSA) is 9.23 Å². The number of allylic oxidation sites excluding steroid dienone is 3. The molecule has 0 spiro atoms. The van der Waals surface area contributed by atoms with Crippen molar-refractivity contribution in [3.8, 4) is 0 Å². The van der Waals surface area contributed by atoms with Crippen LogP contribution in [-0.4, -0.2) is 20.3 Å². The van der Waals surface area contributed by atoms with E-state index >= 15 is 0 Å². The van der Waals surface area contributed by atoms with Gasteiger partial charge in [-0.25, -0.2) is 0 Å². The summed E-state index contributed by atoms with van der Waals surface area (Å²) < 4.78 is 7.11. The minimum Gasteiger partial charge on any atom is -0.407 e. The van der Waals surface area contributed by atoms with Crippen molar-refractivity contribution in [2.24, 2.45) is 11.8 Å². The molecule has 0 amide bonds. The number of hydrogen-bond acceptors (Lipinski definition) is 1. The van der Waals surface area contributed by atoms with Gasteiger partial charge in [0.25, 0.3) is 8.32 Å². The predicted octanol–water partition coefficient (Wildman–Crippen LogP) is 7.90. The van der Waals surface area contributed by atoms with Gasteiger partial charge in [-0.05, 0) is 59.9 Å². The first-order chi connectivity index (χ1) is 15.8. The average Bonchev–Trinajstić information content (AvgIpc) is 2.80. The lowest BCUT2D eigenvalue weighted by Crippen LogP contribution is -2.66. The minimum atomic E-state index is -2.45. The zero-order valence-electron chi connectivity index (χ0n) is 21.3. The maximum absolute atomic E-state index is 7.11. The lowest BCUT2D eigenvalue weighted by molar-refractivity contribution is 0.264. The SMILES string of the molecule is C=CCC[C@@H](C)[C@H](CCCO[Si](c1ccccc1)(c1ccccc1)C(C)(C)C)/C(C)=C\CBr. The third-order valence-corrected chi connectivity index (χ3v) is 12.3. The summed E-state index contributed by atoms with van der Waals surface area (Å²) in [7, 11) is -2.45. The maximum Gasteiger partial charge on any atom is 0.261 e. The van der Waals surface area contributed by atoms with Crippen LogP contribution >= 0.6 is 15.9 Å². The molecule has 0 unspecified atom stereocenters. The van der Waals surface area contributed by atoms with Crippen molar-refractivity contribution in [1.29, 1.82) is 0 Å². The fourth-order valence-electron chi connectivity index (χ4n) is 5.11. The highest BCUT2D eigenvalue weighted by atomic mass is 79.9. The van der Waals surface area contributed by atoms with E-state index in [0.717, 1.165) is 31.2 Å². The van der Waals surface area contributed by atoms with Crippen molar-refractivity contribution in [2.75, 3.05) is 11.9 Å². The molecule has 2 aromatic rings. The lowest BCUT2D eigenvalue weighted by atomic mass is 9.81. The van der Waals surface area contributed by atoms with Crippen molar-refractivity contribution in [3.05, 3.63) is 85.0 Å². The largest absolute Gasteiger partial charge is 0.407 e. The summed E-state index contributed by atoms with van der Waals surface area (Å²) in [5.41, 5.74) is 1.49. The second kappa shape index (κ2) is 13.5. The normalized spacial score (nSPS) is 14.7. The van der Waals surface area contributed by atoms with Gasteiger partial charge in [0, 0.05) is 11.9 Å². The van der Waals surface area contributed by atoms with E-state index in [4.69, 9.17) is 4.43 Å². The van der Waals surface area contributed by atoms with Crippen LogP contribution in [0.2, 0.25) is 5.04 Å². The number of halogens is 1. The summed E-state index contributed by atoms with van der Waals surface area (Å²) in [6, 6.07) is 21.9. The lowest BCUT2D eigenvalue weighted by Gasteiger charge is -2.43. The summed E-state index contributed by atoms with van der Waals surface area (Å²) >= 11 is 3.59. The molecule has 0 saturated heterocycles. The molecule has 3 heteroatoms. The van der Waals surface area contributed by atoms with Crippen LogP contribution in [0.1, 0.15) is 60.3 Å². The highest BCUT2D eigenvalue weighted by Gasteiger charge is 2.49. The van der Waals surface area contributed by atoms with Crippen molar-refractivity contribution in [3.63, 3.8) is 0 Å². The van der Waals surface area contributed by atoms with E-state index in [0.29, 0.717) is 11.8 Å². The van der Waals surface area contributed by atoms with Gasteiger partial charge in [0.05, 0.1) is 0 Å². The Morgan fingerprint density at radius 3 is 2.00 bits per heavy atom. The number of rotatable bonds is 13. The third kappa shape index (κ3) is 7.28. The van der Waals surface area contributed by atoms with Gasteiger partial charge in [-0.1, -0.05) is 122 Å². The van der Waals surface area contributed by atoms with Crippen LogP contribution in [0, 0.1) is 11.8 Å². The van der Waals surface area contributed by atoms with E-state index in [9.17, 15) is 0 Å². The quantitative estimate of drug-likeness (QED) is 0.111. The Kier molecular flexibility index (Phi) is 11.3. The molecular formula is C30H43BrOSi. The molecule has 0 heterocycles. The van der Waals surface area contributed by atoms with E-state index < -0.39 is 8.32 Å².